The maximum atomic E-state index is 12.0. The van der Waals surface area contributed by atoms with E-state index in [1.54, 1.807) is 25.2 Å². The van der Waals surface area contributed by atoms with Crippen LogP contribution in [0.15, 0.2) is 29.3 Å². The van der Waals surface area contributed by atoms with Gasteiger partial charge in [0.1, 0.15) is 6.10 Å². The number of aliphatic hydroxyl groups excluding tert-OH is 2. The third-order valence-corrected chi connectivity index (χ3v) is 3.33. The fourth-order valence-corrected chi connectivity index (χ4v) is 2.19. The number of aryl methyl sites for hydroxylation is 1. The number of benzene rings is 1. The van der Waals surface area contributed by atoms with E-state index < -0.39 is 12.2 Å². The molecule has 1 heterocycles. The lowest BCUT2D eigenvalue weighted by atomic mass is 10.0. The topological polar surface area (TPSA) is 75.3 Å². The fourth-order valence-electron chi connectivity index (χ4n) is 1.93. The Morgan fingerprint density at radius 1 is 1.42 bits per heavy atom. The second-order valence-corrected chi connectivity index (χ2v) is 4.91. The summed E-state index contributed by atoms with van der Waals surface area (Å²) in [6.07, 6.45) is -0.0823. The Hall–Kier alpha value is -1.37. The number of fused-ring (bicyclic) bond motifs is 1. The molecule has 0 amide bonds. The van der Waals surface area contributed by atoms with Crippen LogP contribution in [-0.4, -0.2) is 31.6 Å². The summed E-state index contributed by atoms with van der Waals surface area (Å²) < 4.78 is 1.38. The van der Waals surface area contributed by atoms with Gasteiger partial charge in [0.15, 0.2) is 0 Å². The van der Waals surface area contributed by atoms with Gasteiger partial charge in [0.25, 0.3) is 5.56 Å². The average molecular weight is 280 g/mol. The van der Waals surface area contributed by atoms with Gasteiger partial charge in [0, 0.05) is 7.05 Å². The Labute approximate surface area is 115 Å². The van der Waals surface area contributed by atoms with Crippen molar-refractivity contribution in [2.75, 3.05) is 5.75 Å². The van der Waals surface area contributed by atoms with E-state index in [9.17, 15) is 15.0 Å². The minimum atomic E-state index is -1.03. The smallest absolute Gasteiger partial charge is 0.260 e. The zero-order valence-electron chi connectivity index (χ0n) is 10.5. The SMILES string of the molecule is Cn1cnc2ccc(C(O)C(O)CCS)cc2c1=O. The molecule has 0 spiro atoms. The van der Waals surface area contributed by atoms with Crippen LogP contribution in [0.2, 0.25) is 0 Å². The molecule has 19 heavy (non-hydrogen) atoms. The van der Waals surface area contributed by atoms with Gasteiger partial charge in [0.05, 0.1) is 23.3 Å². The largest absolute Gasteiger partial charge is 0.390 e. The molecule has 0 bridgehead atoms. The minimum absolute atomic E-state index is 0.178. The lowest BCUT2D eigenvalue weighted by molar-refractivity contribution is 0.0173. The van der Waals surface area contributed by atoms with E-state index >= 15 is 0 Å². The number of hydrogen-bond donors (Lipinski definition) is 3. The summed E-state index contributed by atoms with van der Waals surface area (Å²) in [5.74, 6) is 0.481. The first-order valence-electron chi connectivity index (χ1n) is 5.97. The number of aromatic nitrogens is 2. The Morgan fingerprint density at radius 2 is 2.16 bits per heavy atom. The van der Waals surface area contributed by atoms with Gasteiger partial charge in [-0.1, -0.05) is 6.07 Å². The van der Waals surface area contributed by atoms with Crippen molar-refractivity contribution in [3.63, 3.8) is 0 Å². The molecule has 2 aromatic rings. The molecule has 0 saturated heterocycles. The normalized spacial score (nSPS) is 14.5. The van der Waals surface area contributed by atoms with Gasteiger partial charge >= 0.3 is 0 Å². The van der Waals surface area contributed by atoms with Crippen molar-refractivity contribution in [2.45, 2.75) is 18.6 Å². The molecule has 2 atom stereocenters. The molecule has 0 aliphatic carbocycles. The monoisotopic (exact) mass is 280 g/mol. The minimum Gasteiger partial charge on any atom is -0.390 e. The van der Waals surface area contributed by atoms with Gasteiger partial charge in [0.2, 0.25) is 0 Å². The van der Waals surface area contributed by atoms with Crippen LogP contribution in [-0.2, 0) is 7.05 Å². The maximum Gasteiger partial charge on any atom is 0.260 e. The van der Waals surface area contributed by atoms with Crippen molar-refractivity contribution in [2.24, 2.45) is 7.05 Å². The maximum absolute atomic E-state index is 12.0. The van der Waals surface area contributed by atoms with Crippen LogP contribution in [0.1, 0.15) is 18.1 Å². The first-order valence-corrected chi connectivity index (χ1v) is 6.60. The molecule has 0 fully saturated rings. The van der Waals surface area contributed by atoms with Crippen molar-refractivity contribution in [3.05, 3.63) is 40.4 Å². The van der Waals surface area contributed by atoms with E-state index in [2.05, 4.69) is 17.6 Å². The van der Waals surface area contributed by atoms with E-state index in [-0.39, 0.29) is 5.56 Å². The van der Waals surface area contributed by atoms with E-state index in [4.69, 9.17) is 0 Å². The van der Waals surface area contributed by atoms with Gasteiger partial charge in [-0.25, -0.2) is 4.98 Å². The highest BCUT2D eigenvalue weighted by atomic mass is 32.1. The van der Waals surface area contributed by atoms with Crippen molar-refractivity contribution in [1.82, 2.24) is 9.55 Å². The van der Waals surface area contributed by atoms with E-state index in [1.165, 1.54) is 10.9 Å². The highest BCUT2D eigenvalue weighted by molar-refractivity contribution is 7.80. The molecule has 6 heteroatoms. The van der Waals surface area contributed by atoms with Gasteiger partial charge < -0.3 is 14.8 Å². The van der Waals surface area contributed by atoms with Gasteiger partial charge in [-0.15, -0.1) is 0 Å². The van der Waals surface area contributed by atoms with E-state index in [0.717, 1.165) is 0 Å². The van der Waals surface area contributed by atoms with E-state index in [0.29, 0.717) is 28.6 Å². The van der Waals surface area contributed by atoms with Crippen molar-refractivity contribution < 1.29 is 10.2 Å². The molecule has 1 aromatic heterocycles. The molecular weight excluding hydrogens is 264 g/mol. The number of rotatable bonds is 4. The number of aliphatic hydroxyl groups is 2. The molecule has 0 saturated carbocycles. The molecule has 1 aromatic carbocycles. The number of nitrogens with zero attached hydrogens (tertiary/aromatic N) is 2. The van der Waals surface area contributed by atoms with Crippen molar-refractivity contribution >= 4 is 23.5 Å². The van der Waals surface area contributed by atoms with E-state index in [1.807, 2.05) is 0 Å². The number of thiol groups is 1. The predicted octanol–water partition coefficient (Wildman–Crippen LogP) is 0.648. The first kappa shape index (κ1) is 14.0. The molecule has 102 valence electrons. The highest BCUT2D eigenvalue weighted by Crippen LogP contribution is 2.21. The molecule has 5 nitrogen and oxygen atoms in total. The summed E-state index contributed by atoms with van der Waals surface area (Å²) in [7, 11) is 1.62. The summed E-state index contributed by atoms with van der Waals surface area (Å²) >= 11 is 4.02. The molecule has 0 aliphatic rings. The standard InChI is InChI=1S/C13H16N2O3S/c1-15-7-14-10-3-2-8(6-9(10)13(15)18)12(17)11(16)4-5-19/h2-3,6-7,11-12,16-17,19H,4-5H2,1H3. The van der Waals surface area contributed by atoms with Crippen LogP contribution in [0.3, 0.4) is 0 Å². The predicted molar refractivity (Wildman–Crippen MR) is 76.4 cm³/mol. The first-order chi connectivity index (χ1) is 9.04. The van der Waals surface area contributed by atoms with Gasteiger partial charge in [-0.05, 0) is 29.9 Å². The summed E-state index contributed by atoms with van der Waals surface area (Å²) in [6.45, 7) is 0. The zero-order valence-corrected chi connectivity index (χ0v) is 11.4. The van der Waals surface area contributed by atoms with Gasteiger partial charge in [-0.2, -0.15) is 12.6 Å². The fraction of sp³-hybridized carbons (Fsp3) is 0.385. The van der Waals surface area contributed by atoms with Crippen LogP contribution < -0.4 is 5.56 Å². The molecule has 2 unspecified atom stereocenters. The Morgan fingerprint density at radius 3 is 2.84 bits per heavy atom. The lowest BCUT2D eigenvalue weighted by Crippen LogP contribution is -2.20. The third kappa shape index (κ3) is 2.80. The summed E-state index contributed by atoms with van der Waals surface area (Å²) in [5, 5.41) is 20.2. The average Bonchev–Trinajstić information content (AvgIpc) is 2.42. The second kappa shape index (κ2) is 5.73. The molecule has 0 radical (unpaired) electrons. The highest BCUT2D eigenvalue weighted by Gasteiger charge is 2.18. The third-order valence-electron chi connectivity index (χ3n) is 3.07. The summed E-state index contributed by atoms with van der Waals surface area (Å²) in [4.78, 5) is 16.1. The zero-order chi connectivity index (χ0) is 14.0. The second-order valence-electron chi connectivity index (χ2n) is 4.46. The van der Waals surface area contributed by atoms with Crippen molar-refractivity contribution in [3.8, 4) is 0 Å². The molecular formula is C13H16N2O3S. The Balaban J connectivity index is 2.46. The Kier molecular flexibility index (Phi) is 4.24. The lowest BCUT2D eigenvalue weighted by Gasteiger charge is -2.17. The summed E-state index contributed by atoms with van der Waals surface area (Å²) in [5.41, 5.74) is 0.900. The molecule has 0 aliphatic heterocycles. The van der Waals surface area contributed by atoms with Crippen LogP contribution in [0, 0.1) is 0 Å². The Bertz CT molecular complexity index is 641. The summed E-state index contributed by atoms with van der Waals surface area (Å²) in [6, 6.07) is 4.92. The van der Waals surface area contributed by atoms with Crippen LogP contribution in [0.25, 0.3) is 10.9 Å². The molecule has 2 rings (SSSR count). The van der Waals surface area contributed by atoms with Crippen molar-refractivity contribution in [1.29, 1.82) is 0 Å². The van der Waals surface area contributed by atoms with Crippen LogP contribution >= 0.6 is 12.6 Å². The van der Waals surface area contributed by atoms with Crippen LogP contribution in [0.5, 0.6) is 0 Å². The number of hydrogen-bond acceptors (Lipinski definition) is 5. The van der Waals surface area contributed by atoms with Crippen LogP contribution in [0.4, 0.5) is 0 Å². The quantitative estimate of drug-likeness (QED) is 0.719. The van der Waals surface area contributed by atoms with Gasteiger partial charge in [-0.3, -0.25) is 4.79 Å². The molecule has 2 N–H and O–H groups in total.